The number of halogens is 1. The SMILES string of the molecule is C[C@](O)(CNC(=O)Oc1cnc(OCC2CC2)c(-c2ccc(F)cc2)n1)C1CC1. The fraction of sp³-hybridized carbons (Fsp3) is 0.476. The van der Waals surface area contributed by atoms with E-state index in [0.29, 0.717) is 29.7 Å². The summed E-state index contributed by atoms with van der Waals surface area (Å²) in [4.78, 5) is 20.7. The molecule has 1 amide bonds. The number of hydrogen-bond donors (Lipinski definition) is 2. The van der Waals surface area contributed by atoms with Gasteiger partial charge >= 0.3 is 6.09 Å². The van der Waals surface area contributed by atoms with Crippen molar-refractivity contribution in [3.63, 3.8) is 0 Å². The topological polar surface area (TPSA) is 93.6 Å². The second-order valence-electron chi connectivity index (χ2n) is 8.00. The summed E-state index contributed by atoms with van der Waals surface area (Å²) in [6, 6.07) is 5.78. The summed E-state index contributed by atoms with van der Waals surface area (Å²) in [6.45, 7) is 2.33. The lowest BCUT2D eigenvalue weighted by Gasteiger charge is -2.22. The molecule has 1 atom stereocenters. The van der Waals surface area contributed by atoms with Gasteiger partial charge in [-0.3, -0.25) is 0 Å². The van der Waals surface area contributed by atoms with Gasteiger partial charge in [-0.2, -0.15) is 0 Å². The number of hydrogen-bond acceptors (Lipinski definition) is 6. The van der Waals surface area contributed by atoms with E-state index in [1.54, 1.807) is 19.1 Å². The fourth-order valence-corrected chi connectivity index (χ4v) is 3.03. The lowest BCUT2D eigenvalue weighted by molar-refractivity contribution is 0.0376. The molecule has 2 aliphatic rings. The minimum absolute atomic E-state index is 0.00772. The lowest BCUT2D eigenvalue weighted by atomic mass is 10.0. The van der Waals surface area contributed by atoms with Crippen LogP contribution in [0.3, 0.4) is 0 Å². The van der Waals surface area contributed by atoms with Gasteiger partial charge in [0.05, 0.1) is 18.4 Å². The molecule has 4 rings (SSSR count). The molecular weight excluding hydrogens is 377 g/mol. The first-order valence-electron chi connectivity index (χ1n) is 9.84. The van der Waals surface area contributed by atoms with E-state index < -0.39 is 11.7 Å². The normalized spacial score (nSPS) is 18.0. The first-order valence-corrected chi connectivity index (χ1v) is 9.84. The van der Waals surface area contributed by atoms with Crippen molar-refractivity contribution < 1.29 is 23.8 Å². The van der Waals surface area contributed by atoms with Gasteiger partial charge in [0.2, 0.25) is 11.8 Å². The number of aromatic nitrogens is 2. The highest BCUT2D eigenvalue weighted by molar-refractivity contribution is 5.71. The van der Waals surface area contributed by atoms with Crippen LogP contribution < -0.4 is 14.8 Å². The Kier molecular flexibility index (Phi) is 5.36. The summed E-state index contributed by atoms with van der Waals surface area (Å²) in [6.07, 6.45) is 4.76. The van der Waals surface area contributed by atoms with Crippen molar-refractivity contribution in [1.29, 1.82) is 0 Å². The zero-order chi connectivity index (χ0) is 20.4. The Hall–Kier alpha value is -2.74. The number of ether oxygens (including phenoxy) is 2. The van der Waals surface area contributed by atoms with Crippen molar-refractivity contribution in [1.82, 2.24) is 15.3 Å². The number of nitrogens with zero attached hydrogens (tertiary/aromatic N) is 2. The van der Waals surface area contributed by atoms with Gasteiger partial charge in [0.25, 0.3) is 0 Å². The molecule has 1 heterocycles. The molecule has 2 N–H and O–H groups in total. The Bertz CT molecular complexity index is 880. The molecule has 1 aromatic heterocycles. The molecule has 29 heavy (non-hydrogen) atoms. The van der Waals surface area contributed by atoms with Gasteiger partial charge in [0.15, 0.2) is 0 Å². The van der Waals surface area contributed by atoms with Crippen molar-refractivity contribution in [2.75, 3.05) is 13.2 Å². The van der Waals surface area contributed by atoms with E-state index in [9.17, 15) is 14.3 Å². The standard InChI is InChI=1S/C21H24FN3O4/c1-21(27,15-6-7-15)12-24-20(26)29-17-10-23-19(28-11-13-2-3-13)18(25-17)14-4-8-16(22)9-5-14/h4-5,8-10,13,15,27H,2-3,6-7,11-12H2,1H3,(H,24,26)/t21-/m0/s1. The summed E-state index contributed by atoms with van der Waals surface area (Å²) >= 11 is 0. The fourth-order valence-electron chi connectivity index (χ4n) is 3.03. The average Bonchev–Trinajstić information content (AvgIpc) is 3.59. The highest BCUT2D eigenvalue weighted by atomic mass is 19.1. The maximum Gasteiger partial charge on any atom is 0.414 e. The molecule has 0 unspecified atom stereocenters. The van der Waals surface area contributed by atoms with E-state index in [2.05, 4.69) is 15.3 Å². The number of benzene rings is 1. The van der Waals surface area contributed by atoms with E-state index in [-0.39, 0.29) is 24.2 Å². The summed E-state index contributed by atoms with van der Waals surface area (Å²) in [5.74, 6) is 0.672. The largest absolute Gasteiger partial charge is 0.476 e. The van der Waals surface area contributed by atoms with Gasteiger partial charge in [0.1, 0.15) is 11.5 Å². The van der Waals surface area contributed by atoms with Crippen LogP contribution in [0.1, 0.15) is 32.6 Å². The maximum atomic E-state index is 13.3. The Morgan fingerprint density at radius 1 is 1.28 bits per heavy atom. The van der Waals surface area contributed by atoms with Crippen LogP contribution in [0.25, 0.3) is 11.3 Å². The summed E-state index contributed by atoms with van der Waals surface area (Å²) in [5, 5.41) is 12.8. The van der Waals surface area contributed by atoms with Crippen LogP contribution >= 0.6 is 0 Å². The predicted molar refractivity (Wildman–Crippen MR) is 103 cm³/mol. The molecule has 2 aliphatic carbocycles. The van der Waals surface area contributed by atoms with Crippen LogP contribution in [0.4, 0.5) is 9.18 Å². The molecule has 0 bridgehead atoms. The van der Waals surface area contributed by atoms with Gasteiger partial charge in [0, 0.05) is 12.1 Å². The molecule has 0 radical (unpaired) electrons. The van der Waals surface area contributed by atoms with E-state index in [1.165, 1.54) is 18.3 Å². The van der Waals surface area contributed by atoms with Crippen molar-refractivity contribution in [3.05, 3.63) is 36.3 Å². The highest BCUT2D eigenvalue weighted by Gasteiger charge is 2.40. The van der Waals surface area contributed by atoms with E-state index in [4.69, 9.17) is 9.47 Å². The van der Waals surface area contributed by atoms with Crippen molar-refractivity contribution in [2.45, 2.75) is 38.2 Å². The van der Waals surface area contributed by atoms with Crippen LogP contribution in [0.5, 0.6) is 11.8 Å². The second kappa shape index (κ2) is 7.94. The predicted octanol–water partition coefficient (Wildman–Crippen LogP) is 3.32. The van der Waals surface area contributed by atoms with Crippen molar-refractivity contribution >= 4 is 6.09 Å². The highest BCUT2D eigenvalue weighted by Crippen LogP contribution is 2.39. The van der Waals surface area contributed by atoms with E-state index in [1.807, 2.05) is 0 Å². The quantitative estimate of drug-likeness (QED) is 0.705. The number of aliphatic hydroxyl groups is 1. The third-order valence-electron chi connectivity index (χ3n) is 5.23. The number of carbonyl (C=O) groups excluding carboxylic acids is 1. The van der Waals surface area contributed by atoms with Crippen molar-refractivity contribution in [3.8, 4) is 23.0 Å². The maximum absolute atomic E-state index is 13.3. The van der Waals surface area contributed by atoms with Crippen LogP contribution in [-0.4, -0.2) is 39.9 Å². The minimum Gasteiger partial charge on any atom is -0.476 e. The molecular formula is C21H24FN3O4. The monoisotopic (exact) mass is 401 g/mol. The summed E-state index contributed by atoms with van der Waals surface area (Å²) < 4.78 is 24.3. The molecule has 2 aromatic rings. The van der Waals surface area contributed by atoms with Crippen LogP contribution in [0.2, 0.25) is 0 Å². The molecule has 0 aliphatic heterocycles. The molecule has 0 spiro atoms. The number of carbonyl (C=O) groups is 1. The van der Waals surface area contributed by atoms with Crippen molar-refractivity contribution in [2.24, 2.45) is 11.8 Å². The smallest absolute Gasteiger partial charge is 0.414 e. The van der Waals surface area contributed by atoms with Gasteiger partial charge in [-0.1, -0.05) is 0 Å². The number of rotatable bonds is 8. The summed E-state index contributed by atoms with van der Waals surface area (Å²) in [5.41, 5.74) is 0.0259. The zero-order valence-corrected chi connectivity index (χ0v) is 16.2. The first kappa shape index (κ1) is 19.6. The van der Waals surface area contributed by atoms with Gasteiger partial charge < -0.3 is 19.9 Å². The molecule has 154 valence electrons. The molecule has 1 aromatic carbocycles. The third kappa shape index (κ3) is 5.20. The van der Waals surface area contributed by atoms with Gasteiger partial charge in [-0.25, -0.2) is 19.2 Å². The Morgan fingerprint density at radius 2 is 2.00 bits per heavy atom. The zero-order valence-electron chi connectivity index (χ0n) is 16.2. The lowest BCUT2D eigenvalue weighted by Crippen LogP contribution is -2.43. The Labute approximate surface area is 168 Å². The Balaban J connectivity index is 1.47. The molecule has 7 nitrogen and oxygen atoms in total. The number of nitrogens with one attached hydrogen (secondary N) is 1. The summed E-state index contributed by atoms with van der Waals surface area (Å²) in [7, 11) is 0. The van der Waals surface area contributed by atoms with Crippen LogP contribution in [0, 0.1) is 17.7 Å². The molecule has 2 saturated carbocycles. The third-order valence-corrected chi connectivity index (χ3v) is 5.23. The van der Waals surface area contributed by atoms with E-state index >= 15 is 0 Å². The first-order chi connectivity index (χ1) is 13.9. The number of amides is 1. The molecule has 0 saturated heterocycles. The van der Waals surface area contributed by atoms with Gasteiger partial charge in [-0.05, 0) is 68.7 Å². The van der Waals surface area contributed by atoms with Crippen LogP contribution in [-0.2, 0) is 0 Å². The Morgan fingerprint density at radius 3 is 2.66 bits per heavy atom. The molecule has 8 heteroatoms. The van der Waals surface area contributed by atoms with E-state index in [0.717, 1.165) is 25.7 Å². The second-order valence-corrected chi connectivity index (χ2v) is 8.00. The van der Waals surface area contributed by atoms with Gasteiger partial charge in [-0.15, -0.1) is 0 Å². The van der Waals surface area contributed by atoms with Crippen LogP contribution in [0.15, 0.2) is 30.5 Å². The average molecular weight is 401 g/mol. The minimum atomic E-state index is -0.954. The molecule has 2 fully saturated rings.